The maximum Gasteiger partial charge on any atom is 0.220 e. The fourth-order valence-corrected chi connectivity index (χ4v) is 5.49. The predicted octanol–water partition coefficient (Wildman–Crippen LogP) is 1.44. The van der Waals surface area contributed by atoms with E-state index in [1.54, 1.807) is 13.1 Å². The Labute approximate surface area is 197 Å². The van der Waals surface area contributed by atoms with Gasteiger partial charge in [0.05, 0.1) is 5.69 Å². The smallest absolute Gasteiger partial charge is 0.220 e. The summed E-state index contributed by atoms with van der Waals surface area (Å²) in [6.07, 6.45) is 5.05. The molecule has 0 aliphatic carbocycles. The molecule has 11 heteroatoms. The van der Waals surface area contributed by atoms with Gasteiger partial charge in [0.1, 0.15) is 12.0 Å². The molecule has 0 amide bonds. The molecule has 1 aromatic rings. The third-order valence-electron chi connectivity index (χ3n) is 5.76. The van der Waals surface area contributed by atoms with E-state index in [0.717, 1.165) is 12.5 Å². The second-order valence-electron chi connectivity index (χ2n) is 7.85. The quantitative estimate of drug-likeness (QED) is 0.310. The standard InChI is InChI=1S/C19H34N6O3S.HI/c1-3-7-23-8-4-17(5-9-23)15-21-19(20-2)24-10-12-25(13-11-24)29(26,27)16-18-6-14-28-22-18;/h6,14,17H,3-5,7-13,15-16H2,1-2H3,(H,20,21);1H. The highest BCUT2D eigenvalue weighted by molar-refractivity contribution is 14.0. The van der Waals surface area contributed by atoms with Gasteiger partial charge >= 0.3 is 0 Å². The van der Waals surface area contributed by atoms with Crippen LogP contribution in [0.25, 0.3) is 0 Å². The molecule has 2 aliphatic heterocycles. The van der Waals surface area contributed by atoms with Crippen LogP contribution in [0.4, 0.5) is 0 Å². The van der Waals surface area contributed by atoms with Crippen LogP contribution in [0, 0.1) is 5.92 Å². The van der Waals surface area contributed by atoms with Crippen molar-refractivity contribution in [3.05, 3.63) is 18.0 Å². The van der Waals surface area contributed by atoms with E-state index in [0.29, 0.717) is 37.8 Å². The maximum absolute atomic E-state index is 12.6. The number of halogens is 1. The molecule has 3 rings (SSSR count). The molecule has 0 aromatic carbocycles. The highest BCUT2D eigenvalue weighted by Gasteiger charge is 2.29. The Morgan fingerprint density at radius 3 is 2.50 bits per heavy atom. The zero-order valence-corrected chi connectivity index (χ0v) is 21.1. The Balaban J connectivity index is 0.00000320. The van der Waals surface area contributed by atoms with Crippen molar-refractivity contribution in [2.45, 2.75) is 31.9 Å². The molecule has 2 saturated heterocycles. The van der Waals surface area contributed by atoms with E-state index in [1.807, 2.05) is 0 Å². The maximum atomic E-state index is 12.6. The summed E-state index contributed by atoms with van der Waals surface area (Å²) >= 11 is 0. The van der Waals surface area contributed by atoms with Crippen LogP contribution in [0.2, 0.25) is 0 Å². The van der Waals surface area contributed by atoms with Crippen molar-refractivity contribution in [2.75, 3.05) is 59.4 Å². The summed E-state index contributed by atoms with van der Waals surface area (Å²) in [7, 11) is -1.59. The minimum atomic E-state index is -3.38. The Morgan fingerprint density at radius 1 is 1.23 bits per heavy atom. The second kappa shape index (κ2) is 12.2. The van der Waals surface area contributed by atoms with E-state index >= 15 is 0 Å². The summed E-state index contributed by atoms with van der Waals surface area (Å²) in [4.78, 5) is 9.11. The van der Waals surface area contributed by atoms with Crippen molar-refractivity contribution >= 4 is 40.0 Å². The van der Waals surface area contributed by atoms with E-state index in [2.05, 4.69) is 32.2 Å². The SMILES string of the molecule is CCCN1CCC(CNC(=NC)N2CCN(S(=O)(=O)Cc3ccon3)CC2)CC1.I. The molecule has 0 radical (unpaired) electrons. The second-order valence-corrected chi connectivity index (χ2v) is 9.82. The third kappa shape index (κ3) is 7.06. The number of sulfonamides is 1. The highest BCUT2D eigenvalue weighted by atomic mass is 127. The molecule has 9 nitrogen and oxygen atoms in total. The number of aliphatic imine (C=N–C) groups is 1. The van der Waals surface area contributed by atoms with Crippen LogP contribution < -0.4 is 5.32 Å². The number of nitrogens with zero attached hydrogens (tertiary/aromatic N) is 5. The van der Waals surface area contributed by atoms with E-state index in [1.165, 1.54) is 49.5 Å². The fourth-order valence-electron chi connectivity index (χ4n) is 4.07. The number of guanidine groups is 1. The first kappa shape index (κ1) is 25.3. The molecule has 172 valence electrons. The highest BCUT2D eigenvalue weighted by Crippen LogP contribution is 2.17. The van der Waals surface area contributed by atoms with Crippen molar-refractivity contribution in [3.8, 4) is 0 Å². The number of piperazine rings is 1. The molecule has 0 unspecified atom stereocenters. The molecule has 3 heterocycles. The topological polar surface area (TPSA) is 94.3 Å². The van der Waals surface area contributed by atoms with Crippen molar-refractivity contribution < 1.29 is 12.9 Å². The van der Waals surface area contributed by atoms with Gasteiger partial charge in [0.25, 0.3) is 0 Å². The molecule has 0 atom stereocenters. The molecule has 1 aromatic heterocycles. The predicted molar refractivity (Wildman–Crippen MR) is 129 cm³/mol. The zero-order valence-electron chi connectivity index (χ0n) is 18.0. The van der Waals surface area contributed by atoms with E-state index in [9.17, 15) is 8.42 Å². The third-order valence-corrected chi connectivity index (χ3v) is 7.57. The summed E-state index contributed by atoms with van der Waals surface area (Å²) in [6, 6.07) is 1.59. The molecular formula is C19H35IN6O3S. The average molecular weight is 554 g/mol. The van der Waals surface area contributed by atoms with Crippen molar-refractivity contribution in [2.24, 2.45) is 10.9 Å². The van der Waals surface area contributed by atoms with Crippen LogP contribution in [0.15, 0.2) is 21.8 Å². The van der Waals surface area contributed by atoms with Gasteiger partial charge in [-0.25, -0.2) is 8.42 Å². The molecule has 30 heavy (non-hydrogen) atoms. The Kier molecular flexibility index (Phi) is 10.3. The number of piperidine rings is 1. The largest absolute Gasteiger partial charge is 0.364 e. The normalized spacial score (nSPS) is 20.2. The van der Waals surface area contributed by atoms with Crippen LogP contribution in [-0.2, 0) is 15.8 Å². The lowest BCUT2D eigenvalue weighted by atomic mass is 9.97. The monoisotopic (exact) mass is 554 g/mol. The summed E-state index contributed by atoms with van der Waals surface area (Å²) in [5, 5.41) is 7.23. The first-order valence-electron chi connectivity index (χ1n) is 10.6. The molecule has 1 N–H and O–H groups in total. The van der Waals surface area contributed by atoms with Crippen LogP contribution in [0.5, 0.6) is 0 Å². The minimum absolute atomic E-state index is 0. The molecule has 0 bridgehead atoms. The van der Waals surface area contributed by atoms with E-state index < -0.39 is 10.0 Å². The lowest BCUT2D eigenvalue weighted by Crippen LogP contribution is -2.54. The van der Waals surface area contributed by atoms with Gasteiger partial charge in [-0.3, -0.25) is 4.99 Å². The summed E-state index contributed by atoms with van der Waals surface area (Å²) < 4.78 is 31.4. The van der Waals surface area contributed by atoms with Gasteiger partial charge in [-0.2, -0.15) is 4.31 Å². The lowest BCUT2D eigenvalue weighted by molar-refractivity contribution is 0.184. The summed E-state index contributed by atoms with van der Waals surface area (Å²) in [5.41, 5.74) is 0.440. The summed E-state index contributed by atoms with van der Waals surface area (Å²) in [6.45, 7) is 8.90. The lowest BCUT2D eigenvalue weighted by Gasteiger charge is -2.37. The molecule has 0 spiro atoms. The van der Waals surface area contributed by atoms with Crippen LogP contribution in [0.3, 0.4) is 0 Å². The first-order chi connectivity index (χ1) is 14.0. The number of nitrogens with one attached hydrogen (secondary N) is 1. The molecule has 0 saturated carbocycles. The van der Waals surface area contributed by atoms with Gasteiger partial charge in [-0.1, -0.05) is 12.1 Å². The van der Waals surface area contributed by atoms with Gasteiger partial charge in [0, 0.05) is 45.8 Å². The number of hydrogen-bond acceptors (Lipinski definition) is 6. The van der Waals surface area contributed by atoms with Gasteiger partial charge in [0.2, 0.25) is 10.0 Å². The van der Waals surface area contributed by atoms with Crippen molar-refractivity contribution in [1.29, 1.82) is 0 Å². The van der Waals surface area contributed by atoms with Crippen LogP contribution >= 0.6 is 24.0 Å². The number of rotatable bonds is 7. The van der Waals surface area contributed by atoms with E-state index in [-0.39, 0.29) is 29.7 Å². The van der Waals surface area contributed by atoms with Gasteiger partial charge in [-0.05, 0) is 44.8 Å². The summed E-state index contributed by atoms with van der Waals surface area (Å²) in [5.74, 6) is 1.42. The van der Waals surface area contributed by atoms with Gasteiger partial charge in [0.15, 0.2) is 5.96 Å². The minimum Gasteiger partial charge on any atom is -0.364 e. The van der Waals surface area contributed by atoms with Crippen LogP contribution in [0.1, 0.15) is 31.9 Å². The fraction of sp³-hybridized carbons (Fsp3) is 0.789. The first-order valence-corrected chi connectivity index (χ1v) is 12.2. The van der Waals surface area contributed by atoms with Gasteiger partial charge in [-0.15, -0.1) is 24.0 Å². The van der Waals surface area contributed by atoms with Gasteiger partial charge < -0.3 is 19.6 Å². The Bertz CT molecular complexity index is 742. The van der Waals surface area contributed by atoms with Crippen molar-refractivity contribution in [1.82, 2.24) is 24.6 Å². The van der Waals surface area contributed by atoms with E-state index in [4.69, 9.17) is 4.52 Å². The van der Waals surface area contributed by atoms with Crippen LogP contribution in [-0.4, -0.2) is 93.0 Å². The number of aromatic nitrogens is 1. The number of hydrogen-bond donors (Lipinski definition) is 1. The molecular weight excluding hydrogens is 519 g/mol. The van der Waals surface area contributed by atoms with Crippen molar-refractivity contribution in [3.63, 3.8) is 0 Å². The Morgan fingerprint density at radius 2 is 1.93 bits per heavy atom. The number of likely N-dealkylation sites (tertiary alicyclic amines) is 1. The zero-order chi connectivity index (χ0) is 20.7. The molecule has 2 aliphatic rings. The molecule has 2 fully saturated rings. The average Bonchev–Trinajstić information content (AvgIpc) is 3.22. The Hall–Kier alpha value is -0.920.